The maximum atomic E-state index is 10.5. The van der Waals surface area contributed by atoms with E-state index in [-0.39, 0.29) is 5.92 Å². The van der Waals surface area contributed by atoms with Crippen LogP contribution in [0, 0.1) is 5.92 Å². The molecule has 0 bridgehead atoms. The molecule has 0 spiro atoms. The molecule has 2 aliphatic rings. The van der Waals surface area contributed by atoms with E-state index < -0.39 is 11.6 Å². The van der Waals surface area contributed by atoms with Crippen molar-refractivity contribution in [3.05, 3.63) is 0 Å². The van der Waals surface area contributed by atoms with Crippen LogP contribution in [0.1, 0.15) is 25.7 Å². The van der Waals surface area contributed by atoms with Gasteiger partial charge >= 0.3 is 5.97 Å². The van der Waals surface area contributed by atoms with Crippen LogP contribution in [-0.2, 0) is 14.2 Å². The molecule has 2 fully saturated rings. The van der Waals surface area contributed by atoms with Crippen LogP contribution in [-0.4, -0.2) is 37.5 Å². The van der Waals surface area contributed by atoms with Gasteiger partial charge in [0.15, 0.2) is 5.60 Å². The highest BCUT2D eigenvalue weighted by Gasteiger charge is 2.63. The van der Waals surface area contributed by atoms with Gasteiger partial charge in [0.05, 0.1) is 6.61 Å². The third-order valence-corrected chi connectivity index (χ3v) is 3.58. The number of rotatable bonds is 2. The van der Waals surface area contributed by atoms with Crippen LogP contribution >= 0.6 is 0 Å². The zero-order valence-electron chi connectivity index (χ0n) is 8.78. The van der Waals surface area contributed by atoms with Gasteiger partial charge in [-0.2, -0.15) is 0 Å². The lowest BCUT2D eigenvalue weighted by Crippen LogP contribution is -2.57. The number of hydrogen-bond acceptors (Lipinski definition) is 4. The number of aliphatic hydroxyl groups is 1. The molecule has 0 aromatic heterocycles. The second-order valence-electron chi connectivity index (χ2n) is 4.14. The molecule has 1 aliphatic heterocycles. The van der Waals surface area contributed by atoms with E-state index >= 15 is 0 Å². The Morgan fingerprint density at radius 3 is 2.64 bits per heavy atom. The summed E-state index contributed by atoms with van der Waals surface area (Å²) in [6.07, 6.45) is 3.84. The van der Waals surface area contributed by atoms with Crippen molar-refractivity contribution in [1.29, 1.82) is 0 Å². The maximum Gasteiger partial charge on any atom is 0.313 e. The average molecular weight is 202 g/mol. The summed E-state index contributed by atoms with van der Waals surface area (Å²) in [7, 11) is 3.02. The smallest absolute Gasteiger partial charge is 0.313 e. The molecule has 1 aliphatic carbocycles. The summed E-state index contributed by atoms with van der Waals surface area (Å²) in [4.78, 5) is 0. The first-order chi connectivity index (χ1) is 6.68. The zero-order valence-corrected chi connectivity index (χ0v) is 8.78. The van der Waals surface area contributed by atoms with E-state index in [1.165, 1.54) is 14.2 Å². The molecule has 2 atom stereocenters. The number of hydrogen-bond donors (Lipinski definition) is 1. The van der Waals surface area contributed by atoms with E-state index in [9.17, 15) is 5.11 Å². The fourth-order valence-corrected chi connectivity index (χ4v) is 2.74. The molecular formula is C10H18O4. The molecule has 0 radical (unpaired) electrons. The molecule has 0 aromatic rings. The van der Waals surface area contributed by atoms with Crippen molar-refractivity contribution in [3.8, 4) is 0 Å². The van der Waals surface area contributed by atoms with Crippen molar-refractivity contribution in [2.75, 3.05) is 20.8 Å². The van der Waals surface area contributed by atoms with Gasteiger partial charge in [0.2, 0.25) is 0 Å². The van der Waals surface area contributed by atoms with Crippen LogP contribution in [0.15, 0.2) is 0 Å². The molecule has 0 unspecified atom stereocenters. The molecule has 1 saturated carbocycles. The summed E-state index contributed by atoms with van der Waals surface area (Å²) in [6.45, 7) is 0.526. The Morgan fingerprint density at radius 2 is 2.00 bits per heavy atom. The molecule has 0 aromatic carbocycles. The lowest BCUT2D eigenvalue weighted by molar-refractivity contribution is -0.400. The van der Waals surface area contributed by atoms with Crippen LogP contribution in [0.2, 0.25) is 0 Å². The van der Waals surface area contributed by atoms with E-state index in [1.54, 1.807) is 0 Å². The number of ether oxygens (including phenoxy) is 3. The topological polar surface area (TPSA) is 47.9 Å². The third-order valence-electron chi connectivity index (χ3n) is 3.58. The van der Waals surface area contributed by atoms with Gasteiger partial charge in [0.25, 0.3) is 0 Å². The quantitative estimate of drug-likeness (QED) is 0.675. The lowest BCUT2D eigenvalue weighted by Gasteiger charge is -2.42. The zero-order chi connectivity index (χ0) is 10.2. The Hall–Kier alpha value is -0.160. The average Bonchev–Trinajstić information content (AvgIpc) is 2.51. The van der Waals surface area contributed by atoms with Gasteiger partial charge in [0, 0.05) is 20.1 Å². The minimum Gasteiger partial charge on any atom is -0.381 e. The first kappa shape index (κ1) is 10.4. The Kier molecular flexibility index (Phi) is 2.55. The monoisotopic (exact) mass is 202 g/mol. The summed E-state index contributed by atoms with van der Waals surface area (Å²) < 4.78 is 15.9. The minimum absolute atomic E-state index is 0.149. The van der Waals surface area contributed by atoms with Crippen molar-refractivity contribution in [2.24, 2.45) is 5.92 Å². The van der Waals surface area contributed by atoms with Crippen molar-refractivity contribution in [1.82, 2.24) is 0 Å². The van der Waals surface area contributed by atoms with E-state index in [4.69, 9.17) is 14.2 Å². The predicted molar refractivity (Wildman–Crippen MR) is 49.6 cm³/mol. The number of fused-ring (bicyclic) bond motifs is 1. The lowest BCUT2D eigenvalue weighted by atomic mass is 9.76. The summed E-state index contributed by atoms with van der Waals surface area (Å²) in [5, 5.41) is 10.5. The SMILES string of the molecule is COC1(OC)OC[C@H]2CCCC[C@]21O. The van der Waals surface area contributed by atoms with E-state index in [2.05, 4.69) is 0 Å². The minimum atomic E-state index is -1.24. The van der Waals surface area contributed by atoms with Gasteiger partial charge in [-0.15, -0.1) is 0 Å². The van der Waals surface area contributed by atoms with E-state index in [0.717, 1.165) is 19.3 Å². The molecule has 82 valence electrons. The normalized spacial score (nSPS) is 40.9. The second kappa shape index (κ2) is 3.45. The fourth-order valence-electron chi connectivity index (χ4n) is 2.74. The molecule has 2 rings (SSSR count). The summed E-state index contributed by atoms with van der Waals surface area (Å²) in [6, 6.07) is 0. The molecule has 14 heavy (non-hydrogen) atoms. The summed E-state index contributed by atoms with van der Waals surface area (Å²) in [5.74, 6) is -1.09. The maximum absolute atomic E-state index is 10.5. The molecule has 1 N–H and O–H groups in total. The molecule has 4 heteroatoms. The Bertz CT molecular complexity index is 214. The van der Waals surface area contributed by atoms with Gasteiger partial charge < -0.3 is 19.3 Å². The number of methoxy groups -OCH3 is 2. The van der Waals surface area contributed by atoms with Gasteiger partial charge in [-0.05, 0) is 12.8 Å². The molecule has 0 amide bonds. The molecule has 1 saturated heterocycles. The standard InChI is InChI=1S/C10H18O4/c1-12-10(13-2)9(11)6-4-3-5-8(9)7-14-10/h8,11H,3-7H2,1-2H3/t8-,9+/m1/s1. The van der Waals surface area contributed by atoms with E-state index in [1.807, 2.05) is 0 Å². The highest BCUT2D eigenvalue weighted by molar-refractivity contribution is 5.01. The summed E-state index contributed by atoms with van der Waals surface area (Å²) in [5.41, 5.74) is -0.964. The predicted octanol–water partition coefficient (Wildman–Crippen LogP) is 0.884. The first-order valence-electron chi connectivity index (χ1n) is 5.15. The Labute approximate surface area is 84.1 Å². The summed E-state index contributed by atoms with van der Waals surface area (Å²) >= 11 is 0. The highest BCUT2D eigenvalue weighted by atomic mass is 16.9. The van der Waals surface area contributed by atoms with Gasteiger partial charge in [-0.25, -0.2) is 0 Å². The van der Waals surface area contributed by atoms with Crippen molar-refractivity contribution in [3.63, 3.8) is 0 Å². The van der Waals surface area contributed by atoms with Gasteiger partial charge in [0.1, 0.15) is 0 Å². The Balaban J connectivity index is 2.28. The largest absolute Gasteiger partial charge is 0.381 e. The van der Waals surface area contributed by atoms with Crippen LogP contribution in [0.5, 0.6) is 0 Å². The van der Waals surface area contributed by atoms with Gasteiger partial charge in [-0.3, -0.25) is 0 Å². The fraction of sp³-hybridized carbons (Fsp3) is 1.00. The molecule has 4 nitrogen and oxygen atoms in total. The molecular weight excluding hydrogens is 184 g/mol. The van der Waals surface area contributed by atoms with Crippen molar-refractivity contribution < 1.29 is 19.3 Å². The van der Waals surface area contributed by atoms with Crippen LogP contribution < -0.4 is 0 Å². The van der Waals surface area contributed by atoms with Crippen LogP contribution in [0.25, 0.3) is 0 Å². The van der Waals surface area contributed by atoms with Crippen LogP contribution in [0.3, 0.4) is 0 Å². The van der Waals surface area contributed by atoms with Crippen LogP contribution in [0.4, 0.5) is 0 Å². The third kappa shape index (κ3) is 1.15. The highest BCUT2D eigenvalue weighted by Crippen LogP contribution is 2.49. The van der Waals surface area contributed by atoms with Crippen molar-refractivity contribution in [2.45, 2.75) is 37.3 Å². The van der Waals surface area contributed by atoms with Crippen molar-refractivity contribution >= 4 is 0 Å². The van der Waals surface area contributed by atoms with Gasteiger partial charge in [-0.1, -0.05) is 12.8 Å². The first-order valence-corrected chi connectivity index (χ1v) is 5.15. The molecule has 1 heterocycles. The Morgan fingerprint density at radius 1 is 1.29 bits per heavy atom. The second-order valence-corrected chi connectivity index (χ2v) is 4.14. The van der Waals surface area contributed by atoms with E-state index in [0.29, 0.717) is 13.0 Å².